The van der Waals surface area contributed by atoms with E-state index in [1.54, 1.807) is 61.4 Å². The number of imidazole rings is 1. The van der Waals surface area contributed by atoms with Crippen LogP contribution in [0.5, 0.6) is 11.6 Å². The van der Waals surface area contributed by atoms with E-state index in [9.17, 15) is 13.2 Å². The molecule has 1 aliphatic heterocycles. The smallest absolute Gasteiger partial charge is 0.259 e. The van der Waals surface area contributed by atoms with Crippen LogP contribution in [0.1, 0.15) is 35.3 Å². The van der Waals surface area contributed by atoms with Crippen molar-refractivity contribution < 1.29 is 22.7 Å². The molecular formula is C22H24N6O5S. The van der Waals surface area contributed by atoms with Gasteiger partial charge < -0.3 is 20.5 Å². The second-order valence-electron chi connectivity index (χ2n) is 8.35. The van der Waals surface area contributed by atoms with Crippen LogP contribution in [0, 0.1) is 0 Å². The van der Waals surface area contributed by atoms with Crippen LogP contribution in [-0.2, 0) is 15.8 Å². The van der Waals surface area contributed by atoms with Crippen molar-refractivity contribution in [1.82, 2.24) is 19.9 Å². The fourth-order valence-electron chi connectivity index (χ4n) is 3.46. The lowest BCUT2D eigenvalue weighted by Gasteiger charge is -2.27. The third-order valence-corrected chi connectivity index (χ3v) is 6.16. The van der Waals surface area contributed by atoms with E-state index >= 15 is 0 Å². The zero-order chi connectivity index (χ0) is 24.5. The molecule has 0 aliphatic carbocycles. The second-order valence-corrected chi connectivity index (χ2v) is 9.98. The van der Waals surface area contributed by atoms with Crippen molar-refractivity contribution in [3.8, 4) is 17.4 Å². The highest BCUT2D eigenvalue weighted by Crippen LogP contribution is 2.28. The number of pyridine rings is 1. The molecule has 0 saturated carbocycles. The quantitative estimate of drug-likeness (QED) is 0.511. The Morgan fingerprint density at radius 1 is 1.29 bits per heavy atom. The van der Waals surface area contributed by atoms with E-state index in [-0.39, 0.29) is 30.0 Å². The number of rotatable bonds is 7. The SMILES string of the molecule is COc1cc(C(=O)NC(C)(C)COc2cccc3c2C(N)=NS(=O)(=O)C3)cc(-n2ccnc2)n1. The fourth-order valence-corrected chi connectivity index (χ4v) is 4.55. The van der Waals surface area contributed by atoms with Gasteiger partial charge in [-0.2, -0.15) is 4.98 Å². The van der Waals surface area contributed by atoms with Crippen LogP contribution in [-0.4, -0.2) is 54.0 Å². The maximum absolute atomic E-state index is 13.0. The summed E-state index contributed by atoms with van der Waals surface area (Å²) in [6.07, 6.45) is 4.89. The minimum absolute atomic E-state index is 0.0891. The van der Waals surface area contributed by atoms with Crippen LogP contribution in [0.15, 0.2) is 53.5 Å². The van der Waals surface area contributed by atoms with E-state index in [0.29, 0.717) is 28.3 Å². The van der Waals surface area contributed by atoms with Crippen molar-refractivity contribution in [1.29, 1.82) is 0 Å². The van der Waals surface area contributed by atoms with Crippen molar-refractivity contribution in [2.45, 2.75) is 25.1 Å². The number of amidine groups is 1. The van der Waals surface area contributed by atoms with Crippen LogP contribution in [0.2, 0.25) is 0 Å². The Balaban J connectivity index is 1.51. The predicted molar refractivity (Wildman–Crippen MR) is 125 cm³/mol. The summed E-state index contributed by atoms with van der Waals surface area (Å²) in [5.74, 6) is 0.447. The Kier molecular flexibility index (Phi) is 6.00. The second kappa shape index (κ2) is 8.78. The molecule has 3 aromatic rings. The van der Waals surface area contributed by atoms with Gasteiger partial charge in [-0.15, -0.1) is 4.40 Å². The summed E-state index contributed by atoms with van der Waals surface area (Å²) in [5.41, 5.74) is 6.42. The Bertz CT molecular complexity index is 1370. The van der Waals surface area contributed by atoms with Crippen molar-refractivity contribution >= 4 is 21.8 Å². The highest BCUT2D eigenvalue weighted by molar-refractivity contribution is 7.89. The van der Waals surface area contributed by atoms with Gasteiger partial charge in [0.1, 0.15) is 30.3 Å². The molecule has 1 amide bonds. The molecule has 178 valence electrons. The van der Waals surface area contributed by atoms with Crippen molar-refractivity contribution in [2.75, 3.05) is 13.7 Å². The van der Waals surface area contributed by atoms with Gasteiger partial charge in [0.15, 0.2) is 0 Å². The number of carbonyl (C=O) groups excluding carboxylic acids is 1. The number of ether oxygens (including phenoxy) is 2. The molecule has 0 fully saturated rings. The molecule has 4 rings (SSSR count). The van der Waals surface area contributed by atoms with Crippen LogP contribution < -0.4 is 20.5 Å². The van der Waals surface area contributed by atoms with Crippen molar-refractivity contribution in [2.24, 2.45) is 10.1 Å². The van der Waals surface area contributed by atoms with E-state index < -0.39 is 15.6 Å². The van der Waals surface area contributed by atoms with Gasteiger partial charge in [-0.25, -0.2) is 13.4 Å². The lowest BCUT2D eigenvalue weighted by molar-refractivity contribution is 0.0880. The molecule has 3 heterocycles. The molecule has 11 nitrogen and oxygen atoms in total. The maximum Gasteiger partial charge on any atom is 0.259 e. The minimum atomic E-state index is -3.65. The van der Waals surface area contributed by atoms with Crippen molar-refractivity contribution in [3.05, 3.63) is 65.7 Å². The highest BCUT2D eigenvalue weighted by Gasteiger charge is 2.27. The zero-order valence-corrected chi connectivity index (χ0v) is 19.7. The molecule has 0 bridgehead atoms. The molecule has 0 unspecified atom stereocenters. The maximum atomic E-state index is 13.0. The summed E-state index contributed by atoms with van der Waals surface area (Å²) >= 11 is 0. The number of methoxy groups -OCH3 is 1. The molecule has 2 aromatic heterocycles. The van der Waals surface area contributed by atoms with E-state index in [1.165, 1.54) is 13.2 Å². The van der Waals surface area contributed by atoms with Gasteiger partial charge >= 0.3 is 0 Å². The monoisotopic (exact) mass is 484 g/mol. The molecule has 34 heavy (non-hydrogen) atoms. The number of nitrogens with one attached hydrogen (secondary N) is 1. The lowest BCUT2D eigenvalue weighted by atomic mass is 10.0. The Labute approximate surface area is 196 Å². The molecule has 12 heteroatoms. The standard InChI is InChI=1S/C22H24N6O5S/c1-22(2,12-33-16-6-4-5-14-11-34(30,31)27-20(23)19(14)16)26-21(29)15-9-17(25-18(10-15)32-3)28-8-7-24-13-28/h4-10,13H,11-12H2,1-3H3,(H2,23,27)(H,26,29). The number of aromatic nitrogens is 3. The number of nitrogens with zero attached hydrogens (tertiary/aromatic N) is 4. The molecule has 3 N–H and O–H groups in total. The average Bonchev–Trinajstić information content (AvgIpc) is 3.31. The van der Waals surface area contributed by atoms with Crippen LogP contribution in [0.4, 0.5) is 0 Å². The van der Waals surface area contributed by atoms with Crippen LogP contribution >= 0.6 is 0 Å². The largest absolute Gasteiger partial charge is 0.490 e. The number of hydrogen-bond acceptors (Lipinski definition) is 8. The molecule has 0 spiro atoms. The normalized spacial score (nSPS) is 14.6. The number of carbonyl (C=O) groups is 1. The summed E-state index contributed by atoms with van der Waals surface area (Å²) in [7, 11) is -2.18. The van der Waals surface area contributed by atoms with Gasteiger partial charge in [0.2, 0.25) is 5.88 Å². The number of fused-ring (bicyclic) bond motifs is 1. The topological polar surface area (TPSA) is 151 Å². The molecule has 0 saturated heterocycles. The first kappa shape index (κ1) is 23.2. The van der Waals surface area contributed by atoms with Crippen molar-refractivity contribution in [3.63, 3.8) is 0 Å². The predicted octanol–water partition coefficient (Wildman–Crippen LogP) is 1.41. The van der Waals surface area contributed by atoms with Gasteiger partial charge in [-0.3, -0.25) is 9.36 Å². The number of hydrogen-bond donors (Lipinski definition) is 2. The molecular weight excluding hydrogens is 460 g/mol. The summed E-state index contributed by atoms with van der Waals surface area (Å²) in [4.78, 5) is 21.4. The van der Waals surface area contributed by atoms with Gasteiger partial charge in [0, 0.05) is 24.0 Å². The first-order valence-corrected chi connectivity index (χ1v) is 11.9. The number of nitrogens with two attached hydrogens (primary N) is 1. The molecule has 0 atom stereocenters. The summed E-state index contributed by atoms with van der Waals surface area (Å²) < 4.78 is 40.2. The Morgan fingerprint density at radius 2 is 2.09 bits per heavy atom. The van der Waals surface area contributed by atoms with E-state index in [0.717, 1.165) is 0 Å². The molecule has 1 aliphatic rings. The summed E-state index contributed by atoms with van der Waals surface area (Å²) in [6, 6.07) is 8.21. The lowest BCUT2D eigenvalue weighted by Crippen LogP contribution is -2.48. The fraction of sp³-hybridized carbons (Fsp3) is 0.273. The van der Waals surface area contributed by atoms with Crippen LogP contribution in [0.25, 0.3) is 5.82 Å². The third kappa shape index (κ3) is 5.01. The Morgan fingerprint density at radius 3 is 2.79 bits per heavy atom. The van der Waals surface area contributed by atoms with E-state index in [1.807, 2.05) is 0 Å². The van der Waals surface area contributed by atoms with Gasteiger partial charge in [-0.1, -0.05) is 12.1 Å². The van der Waals surface area contributed by atoms with E-state index in [4.69, 9.17) is 15.2 Å². The number of amides is 1. The van der Waals surface area contributed by atoms with Gasteiger partial charge in [0.25, 0.3) is 15.9 Å². The minimum Gasteiger partial charge on any atom is -0.490 e. The molecule has 1 aromatic carbocycles. The van der Waals surface area contributed by atoms with E-state index in [2.05, 4.69) is 19.7 Å². The first-order valence-electron chi connectivity index (χ1n) is 10.3. The van der Waals surface area contributed by atoms with Gasteiger partial charge in [0.05, 0.1) is 24.0 Å². The zero-order valence-electron chi connectivity index (χ0n) is 18.8. The number of sulfonamides is 1. The van der Waals surface area contributed by atoms with Crippen LogP contribution in [0.3, 0.4) is 0 Å². The molecule has 0 radical (unpaired) electrons. The average molecular weight is 485 g/mol. The first-order chi connectivity index (χ1) is 16.1. The summed E-state index contributed by atoms with van der Waals surface area (Å²) in [5, 5.41) is 2.94. The number of benzene rings is 1. The Hall–Kier alpha value is -3.93. The highest BCUT2D eigenvalue weighted by atomic mass is 32.2. The van der Waals surface area contributed by atoms with Gasteiger partial charge in [-0.05, 0) is 31.5 Å². The summed E-state index contributed by atoms with van der Waals surface area (Å²) in [6.45, 7) is 3.70. The third-order valence-electron chi connectivity index (χ3n) is 5.01.